The highest BCUT2D eigenvalue weighted by Crippen LogP contribution is 2.19. The van der Waals surface area contributed by atoms with Crippen LogP contribution in [0.1, 0.15) is 24.8 Å². The van der Waals surface area contributed by atoms with Gasteiger partial charge >= 0.3 is 0 Å². The number of nitrogens with two attached hydrogens (primary N) is 1. The summed E-state index contributed by atoms with van der Waals surface area (Å²) in [6, 6.07) is 7.11. The molecular weight excluding hydrogens is 290 g/mol. The Hall–Kier alpha value is -1.15. The zero-order valence-corrected chi connectivity index (χ0v) is 13.3. The molecule has 6 nitrogen and oxygen atoms in total. The van der Waals surface area contributed by atoms with E-state index < -0.39 is 10.2 Å². The van der Waals surface area contributed by atoms with Gasteiger partial charge in [0.15, 0.2) is 0 Å². The Morgan fingerprint density at radius 1 is 1.43 bits per heavy atom. The fraction of sp³-hybridized carbons (Fsp3) is 0.571. The van der Waals surface area contributed by atoms with E-state index in [9.17, 15) is 8.42 Å². The molecular formula is C14H23N3O3S. The maximum atomic E-state index is 12.3. The van der Waals surface area contributed by atoms with Crippen molar-refractivity contribution in [2.75, 3.05) is 14.2 Å². The Bertz CT molecular complexity index is 577. The van der Waals surface area contributed by atoms with E-state index in [0.717, 1.165) is 24.8 Å². The van der Waals surface area contributed by atoms with Crippen molar-refractivity contribution < 1.29 is 13.2 Å². The summed E-state index contributed by atoms with van der Waals surface area (Å²) >= 11 is 0. The molecule has 2 rings (SSSR count). The van der Waals surface area contributed by atoms with Crippen LogP contribution in [0.25, 0.3) is 0 Å². The van der Waals surface area contributed by atoms with E-state index >= 15 is 0 Å². The maximum Gasteiger partial charge on any atom is 0.279 e. The van der Waals surface area contributed by atoms with Crippen molar-refractivity contribution >= 4 is 10.2 Å². The van der Waals surface area contributed by atoms with Crippen molar-refractivity contribution in [3.05, 3.63) is 29.8 Å². The van der Waals surface area contributed by atoms with E-state index in [2.05, 4.69) is 4.72 Å². The quantitative estimate of drug-likeness (QED) is 0.815. The predicted molar refractivity (Wildman–Crippen MR) is 82.1 cm³/mol. The van der Waals surface area contributed by atoms with E-state index in [1.165, 1.54) is 4.31 Å². The van der Waals surface area contributed by atoms with Crippen LogP contribution in [0, 0.1) is 0 Å². The minimum atomic E-state index is -3.53. The lowest BCUT2D eigenvalue weighted by atomic mass is 10.2. The molecule has 0 bridgehead atoms. The molecule has 1 aromatic carbocycles. The molecule has 21 heavy (non-hydrogen) atoms. The predicted octanol–water partition coefficient (Wildman–Crippen LogP) is 0.841. The first kappa shape index (κ1) is 16.2. The van der Waals surface area contributed by atoms with Crippen molar-refractivity contribution in [1.29, 1.82) is 0 Å². The zero-order chi connectivity index (χ0) is 15.5. The molecule has 1 saturated carbocycles. The van der Waals surface area contributed by atoms with Gasteiger partial charge in [-0.2, -0.15) is 17.4 Å². The van der Waals surface area contributed by atoms with E-state index in [0.29, 0.717) is 5.75 Å². The first-order valence-electron chi connectivity index (χ1n) is 7.04. The van der Waals surface area contributed by atoms with Crippen LogP contribution >= 0.6 is 0 Å². The third kappa shape index (κ3) is 4.16. The summed E-state index contributed by atoms with van der Waals surface area (Å²) in [5.41, 5.74) is 6.79. The standard InChI is InChI=1S/C14H23N3O3S/c1-17(10-11-5-3-6-12(9-11)20-2)21(18,19)16-14-8-4-7-13(14)15/h3,5-6,9,13-14,16H,4,7-8,10,15H2,1-2H3. The molecule has 3 N–H and O–H groups in total. The lowest BCUT2D eigenvalue weighted by Crippen LogP contribution is -2.48. The highest BCUT2D eigenvalue weighted by molar-refractivity contribution is 7.87. The summed E-state index contributed by atoms with van der Waals surface area (Å²) < 4.78 is 33.8. The summed E-state index contributed by atoms with van der Waals surface area (Å²) in [7, 11) is -0.388. The molecule has 1 aromatic rings. The van der Waals surface area contributed by atoms with Crippen molar-refractivity contribution in [2.24, 2.45) is 5.73 Å². The van der Waals surface area contributed by atoms with Gasteiger partial charge in [-0.3, -0.25) is 0 Å². The second-order valence-electron chi connectivity index (χ2n) is 5.43. The summed E-state index contributed by atoms with van der Waals surface area (Å²) in [5, 5.41) is 0. The first-order valence-corrected chi connectivity index (χ1v) is 8.48. The smallest absolute Gasteiger partial charge is 0.279 e. The second kappa shape index (κ2) is 6.74. The largest absolute Gasteiger partial charge is 0.497 e. The molecule has 0 aliphatic heterocycles. The van der Waals surface area contributed by atoms with E-state index in [1.807, 2.05) is 24.3 Å². The van der Waals surface area contributed by atoms with Crippen molar-refractivity contribution in [2.45, 2.75) is 37.9 Å². The van der Waals surface area contributed by atoms with Crippen molar-refractivity contribution in [3.8, 4) is 5.75 Å². The van der Waals surface area contributed by atoms with Gasteiger partial charge in [0.05, 0.1) is 7.11 Å². The minimum absolute atomic E-state index is 0.0926. The number of methoxy groups -OCH3 is 1. The van der Waals surface area contributed by atoms with Crippen LogP contribution in [0.15, 0.2) is 24.3 Å². The van der Waals surface area contributed by atoms with E-state index in [1.54, 1.807) is 14.2 Å². The third-order valence-corrected chi connectivity index (χ3v) is 5.37. The van der Waals surface area contributed by atoms with Gasteiger partial charge in [-0.05, 0) is 30.5 Å². The second-order valence-corrected chi connectivity index (χ2v) is 7.24. The molecule has 1 aliphatic rings. The van der Waals surface area contributed by atoms with Crippen molar-refractivity contribution in [1.82, 2.24) is 9.03 Å². The van der Waals surface area contributed by atoms with Crippen molar-refractivity contribution in [3.63, 3.8) is 0 Å². The number of ether oxygens (including phenoxy) is 1. The van der Waals surface area contributed by atoms with Crippen LogP contribution in [-0.2, 0) is 16.8 Å². The summed E-state index contributed by atoms with van der Waals surface area (Å²) in [6.07, 6.45) is 2.63. The molecule has 0 spiro atoms. The number of nitrogens with zero attached hydrogens (tertiary/aromatic N) is 1. The SMILES string of the molecule is COc1cccc(CN(C)S(=O)(=O)NC2CCCC2N)c1. The molecule has 1 fully saturated rings. The molecule has 0 radical (unpaired) electrons. The van der Waals surface area contributed by atoms with Gasteiger partial charge in [0, 0.05) is 25.7 Å². The number of hydrogen-bond donors (Lipinski definition) is 2. The van der Waals surface area contributed by atoms with Crippen LogP contribution in [0.3, 0.4) is 0 Å². The summed E-state index contributed by atoms with van der Waals surface area (Å²) in [4.78, 5) is 0. The fourth-order valence-corrected chi connectivity index (χ4v) is 3.70. The van der Waals surface area contributed by atoms with Gasteiger partial charge in [0.2, 0.25) is 0 Å². The first-order chi connectivity index (χ1) is 9.92. The third-order valence-electron chi connectivity index (χ3n) is 3.82. The average molecular weight is 313 g/mol. The summed E-state index contributed by atoms with van der Waals surface area (Å²) in [5.74, 6) is 0.712. The highest BCUT2D eigenvalue weighted by atomic mass is 32.2. The lowest BCUT2D eigenvalue weighted by Gasteiger charge is -2.23. The van der Waals surface area contributed by atoms with Gasteiger partial charge in [0.25, 0.3) is 10.2 Å². The maximum absolute atomic E-state index is 12.3. The Kier molecular flexibility index (Phi) is 5.21. The Balaban J connectivity index is 2.02. The number of nitrogens with one attached hydrogen (secondary N) is 1. The molecule has 0 aromatic heterocycles. The molecule has 0 heterocycles. The van der Waals surface area contributed by atoms with Crippen LogP contribution in [0.5, 0.6) is 5.75 Å². The molecule has 0 saturated heterocycles. The lowest BCUT2D eigenvalue weighted by molar-refractivity contribution is 0.411. The number of rotatable bonds is 6. The van der Waals surface area contributed by atoms with Gasteiger partial charge < -0.3 is 10.5 Å². The molecule has 1 aliphatic carbocycles. The molecule has 0 amide bonds. The Labute approximate surface area is 126 Å². The van der Waals surface area contributed by atoms with Gasteiger partial charge in [-0.15, -0.1) is 0 Å². The summed E-state index contributed by atoms with van der Waals surface area (Å²) in [6.45, 7) is 0.286. The Morgan fingerprint density at radius 3 is 2.81 bits per heavy atom. The molecule has 7 heteroatoms. The molecule has 118 valence electrons. The zero-order valence-electron chi connectivity index (χ0n) is 12.5. The highest BCUT2D eigenvalue weighted by Gasteiger charge is 2.29. The Morgan fingerprint density at radius 2 is 2.19 bits per heavy atom. The topological polar surface area (TPSA) is 84.7 Å². The van der Waals surface area contributed by atoms with Gasteiger partial charge in [0.1, 0.15) is 5.75 Å². The molecule has 2 atom stereocenters. The molecule has 2 unspecified atom stereocenters. The van der Waals surface area contributed by atoms with Crippen LogP contribution in [0.4, 0.5) is 0 Å². The normalized spacial score (nSPS) is 22.7. The van der Waals surface area contributed by atoms with E-state index in [-0.39, 0.29) is 18.6 Å². The average Bonchev–Trinajstić information content (AvgIpc) is 2.84. The number of hydrogen-bond acceptors (Lipinski definition) is 4. The van der Waals surface area contributed by atoms with Crippen LogP contribution in [0.2, 0.25) is 0 Å². The minimum Gasteiger partial charge on any atom is -0.497 e. The monoisotopic (exact) mass is 313 g/mol. The van der Waals surface area contributed by atoms with Gasteiger partial charge in [-0.1, -0.05) is 18.6 Å². The fourth-order valence-electron chi connectivity index (χ4n) is 2.53. The van der Waals surface area contributed by atoms with Crippen LogP contribution < -0.4 is 15.2 Å². The number of benzene rings is 1. The van der Waals surface area contributed by atoms with Gasteiger partial charge in [-0.25, -0.2) is 0 Å². The van der Waals surface area contributed by atoms with E-state index in [4.69, 9.17) is 10.5 Å². The van der Waals surface area contributed by atoms with Crippen LogP contribution in [-0.4, -0.2) is 39.0 Å².